The lowest BCUT2D eigenvalue weighted by molar-refractivity contribution is 0.102. The topological polar surface area (TPSA) is 93.9 Å². The molecule has 1 fully saturated rings. The summed E-state index contributed by atoms with van der Waals surface area (Å²) >= 11 is 1.44. The van der Waals surface area contributed by atoms with Crippen LogP contribution in [0.4, 0.5) is 14.5 Å². The molecule has 170 valence electrons. The fourth-order valence-corrected chi connectivity index (χ4v) is 6.42. The van der Waals surface area contributed by atoms with E-state index in [0.29, 0.717) is 34.9 Å². The molecule has 0 saturated carbocycles. The third-order valence-electron chi connectivity index (χ3n) is 5.59. The standard InChI is InChI=1S/C22H18F2N4O3S2/c1-12-20-15(22(29)26-17-5-4-13(23)9-16(17)24)10-18(19-3-2-7-32-19)25-21(20)28(27-12)14-6-8-33(30,31)11-14/h2-5,7,9-10,14H,6,8,11H2,1H3,(H,26,29). The maximum Gasteiger partial charge on any atom is 0.256 e. The van der Waals surface area contributed by atoms with E-state index in [1.807, 2.05) is 17.5 Å². The second-order valence-electron chi connectivity index (χ2n) is 7.90. The van der Waals surface area contributed by atoms with Crippen molar-refractivity contribution in [3.63, 3.8) is 0 Å². The second-order valence-corrected chi connectivity index (χ2v) is 11.1. The molecule has 1 saturated heterocycles. The summed E-state index contributed by atoms with van der Waals surface area (Å²) in [5, 5.41) is 9.36. The van der Waals surface area contributed by atoms with Gasteiger partial charge in [0.2, 0.25) is 0 Å². The highest BCUT2D eigenvalue weighted by Crippen LogP contribution is 2.33. The molecule has 1 aliphatic heterocycles. The number of hydrogen-bond acceptors (Lipinski definition) is 6. The van der Waals surface area contributed by atoms with Crippen LogP contribution in [-0.4, -0.2) is 40.6 Å². The van der Waals surface area contributed by atoms with Gasteiger partial charge in [0.25, 0.3) is 5.91 Å². The van der Waals surface area contributed by atoms with Gasteiger partial charge in [0, 0.05) is 6.07 Å². The first-order chi connectivity index (χ1) is 15.7. The van der Waals surface area contributed by atoms with Crippen LogP contribution in [-0.2, 0) is 9.84 Å². The normalized spacial score (nSPS) is 17.5. The minimum absolute atomic E-state index is 0.0452. The minimum Gasteiger partial charge on any atom is -0.319 e. The molecule has 0 aliphatic carbocycles. The van der Waals surface area contributed by atoms with E-state index in [-0.39, 0.29) is 28.8 Å². The van der Waals surface area contributed by atoms with Crippen LogP contribution in [0.25, 0.3) is 21.6 Å². The van der Waals surface area contributed by atoms with Crippen LogP contribution in [0.15, 0.2) is 41.8 Å². The zero-order valence-corrected chi connectivity index (χ0v) is 19.0. The fourth-order valence-electron chi connectivity index (χ4n) is 4.05. The zero-order chi connectivity index (χ0) is 23.3. The molecule has 3 aromatic heterocycles. The Kier molecular flexibility index (Phi) is 5.25. The molecule has 4 aromatic rings. The van der Waals surface area contributed by atoms with Gasteiger partial charge in [0.05, 0.1) is 50.4 Å². The van der Waals surface area contributed by atoms with E-state index in [4.69, 9.17) is 4.98 Å². The molecule has 1 amide bonds. The number of fused-ring (bicyclic) bond motifs is 1. The predicted octanol–water partition coefficient (Wildman–Crippen LogP) is 4.36. The quantitative estimate of drug-likeness (QED) is 0.461. The van der Waals surface area contributed by atoms with Crippen molar-refractivity contribution in [1.82, 2.24) is 14.8 Å². The van der Waals surface area contributed by atoms with Crippen LogP contribution >= 0.6 is 11.3 Å². The van der Waals surface area contributed by atoms with Gasteiger partial charge in [-0.3, -0.25) is 4.79 Å². The summed E-state index contributed by atoms with van der Waals surface area (Å²) in [6, 6.07) is 7.83. The van der Waals surface area contributed by atoms with E-state index < -0.39 is 27.4 Å². The molecule has 1 atom stereocenters. The van der Waals surface area contributed by atoms with Crippen molar-refractivity contribution < 1.29 is 22.0 Å². The SMILES string of the molecule is Cc1nn(C2CCS(=O)(=O)C2)c2nc(-c3cccs3)cc(C(=O)Nc3ccc(F)cc3F)c12. The first-order valence-corrected chi connectivity index (χ1v) is 12.8. The smallest absolute Gasteiger partial charge is 0.256 e. The second kappa shape index (κ2) is 7.99. The fraction of sp³-hybridized carbons (Fsp3) is 0.227. The predicted molar refractivity (Wildman–Crippen MR) is 122 cm³/mol. The molecule has 1 aromatic carbocycles. The molecule has 0 radical (unpaired) electrons. The van der Waals surface area contributed by atoms with Crippen molar-refractivity contribution >= 4 is 43.8 Å². The average molecular weight is 489 g/mol. The van der Waals surface area contributed by atoms with Gasteiger partial charge in [-0.1, -0.05) is 6.07 Å². The molecule has 11 heteroatoms. The highest BCUT2D eigenvalue weighted by molar-refractivity contribution is 7.91. The number of rotatable bonds is 4. The summed E-state index contributed by atoms with van der Waals surface area (Å²) in [6.45, 7) is 1.71. The number of anilines is 1. The van der Waals surface area contributed by atoms with Gasteiger partial charge >= 0.3 is 0 Å². The number of aryl methyl sites for hydroxylation is 1. The van der Waals surface area contributed by atoms with Crippen molar-refractivity contribution in [2.24, 2.45) is 0 Å². The molecular formula is C22H18F2N4O3S2. The van der Waals surface area contributed by atoms with Crippen molar-refractivity contribution in [3.8, 4) is 10.6 Å². The summed E-state index contributed by atoms with van der Waals surface area (Å²) in [5.74, 6) is -2.22. The lowest BCUT2D eigenvalue weighted by Gasteiger charge is -2.12. The zero-order valence-electron chi connectivity index (χ0n) is 17.4. The lowest BCUT2D eigenvalue weighted by atomic mass is 10.1. The molecule has 1 aliphatic rings. The van der Waals surface area contributed by atoms with E-state index in [1.165, 1.54) is 11.3 Å². The number of halogens is 2. The number of thiophene rings is 1. The summed E-state index contributed by atoms with van der Waals surface area (Å²) in [6.07, 6.45) is 0.409. The van der Waals surface area contributed by atoms with E-state index in [0.717, 1.165) is 17.0 Å². The van der Waals surface area contributed by atoms with Crippen molar-refractivity contribution in [2.75, 3.05) is 16.8 Å². The third kappa shape index (κ3) is 4.02. The Labute approximate surface area is 192 Å². The number of pyridine rings is 1. The van der Waals surface area contributed by atoms with Gasteiger partial charge in [0.15, 0.2) is 15.5 Å². The summed E-state index contributed by atoms with van der Waals surface area (Å²) in [7, 11) is -3.17. The Balaban J connectivity index is 1.66. The van der Waals surface area contributed by atoms with Crippen LogP contribution in [0.1, 0.15) is 28.5 Å². The van der Waals surface area contributed by atoms with E-state index >= 15 is 0 Å². The maximum atomic E-state index is 14.2. The molecular weight excluding hydrogens is 470 g/mol. The Bertz CT molecular complexity index is 1500. The molecule has 7 nitrogen and oxygen atoms in total. The van der Waals surface area contributed by atoms with Crippen LogP contribution in [0.3, 0.4) is 0 Å². The van der Waals surface area contributed by atoms with Gasteiger partial charge in [-0.05, 0) is 43.0 Å². The molecule has 1 N–H and O–H groups in total. The van der Waals surface area contributed by atoms with Gasteiger partial charge < -0.3 is 5.32 Å². The number of nitrogens with zero attached hydrogens (tertiary/aromatic N) is 3. The molecule has 0 spiro atoms. The van der Waals surface area contributed by atoms with Gasteiger partial charge in [-0.25, -0.2) is 26.9 Å². The van der Waals surface area contributed by atoms with Gasteiger partial charge in [-0.2, -0.15) is 5.10 Å². The Morgan fingerprint density at radius 2 is 2.06 bits per heavy atom. The van der Waals surface area contributed by atoms with Crippen molar-refractivity contribution in [2.45, 2.75) is 19.4 Å². The average Bonchev–Trinajstić information content (AvgIpc) is 3.49. The van der Waals surface area contributed by atoms with E-state index in [2.05, 4.69) is 10.4 Å². The Morgan fingerprint density at radius 1 is 1.24 bits per heavy atom. The first-order valence-electron chi connectivity index (χ1n) is 10.1. The van der Waals surface area contributed by atoms with Crippen LogP contribution in [0, 0.1) is 18.6 Å². The highest BCUT2D eigenvalue weighted by atomic mass is 32.2. The van der Waals surface area contributed by atoms with Crippen LogP contribution in [0.2, 0.25) is 0 Å². The van der Waals surface area contributed by atoms with E-state index in [1.54, 1.807) is 17.7 Å². The number of carbonyl (C=O) groups is 1. The first kappa shape index (κ1) is 21.7. The number of benzene rings is 1. The maximum absolute atomic E-state index is 14.2. The summed E-state index contributed by atoms with van der Waals surface area (Å²) in [4.78, 5) is 18.8. The van der Waals surface area contributed by atoms with Crippen molar-refractivity contribution in [1.29, 1.82) is 0 Å². The van der Waals surface area contributed by atoms with Crippen molar-refractivity contribution in [3.05, 3.63) is 64.7 Å². The number of nitrogens with one attached hydrogen (secondary N) is 1. The number of hydrogen-bond donors (Lipinski definition) is 1. The lowest BCUT2D eigenvalue weighted by Crippen LogP contribution is -2.15. The molecule has 0 bridgehead atoms. The van der Waals surface area contributed by atoms with Crippen LogP contribution < -0.4 is 5.32 Å². The summed E-state index contributed by atoms with van der Waals surface area (Å²) in [5.41, 5.74) is 1.48. The molecule has 1 unspecified atom stereocenters. The van der Waals surface area contributed by atoms with E-state index in [9.17, 15) is 22.0 Å². The largest absolute Gasteiger partial charge is 0.319 e. The summed E-state index contributed by atoms with van der Waals surface area (Å²) < 4.78 is 53.1. The third-order valence-corrected chi connectivity index (χ3v) is 8.23. The van der Waals surface area contributed by atoms with Gasteiger partial charge in [0.1, 0.15) is 11.6 Å². The molecule has 33 heavy (non-hydrogen) atoms. The van der Waals surface area contributed by atoms with Gasteiger partial charge in [-0.15, -0.1) is 11.3 Å². The number of carbonyl (C=O) groups excluding carboxylic acids is 1. The Morgan fingerprint density at radius 3 is 2.73 bits per heavy atom. The molecule has 5 rings (SSSR count). The number of amides is 1. The molecule has 4 heterocycles. The Hall–Kier alpha value is -3.18. The number of aromatic nitrogens is 3. The minimum atomic E-state index is -3.17. The monoisotopic (exact) mass is 488 g/mol. The number of sulfone groups is 1. The highest BCUT2D eigenvalue weighted by Gasteiger charge is 2.32. The van der Waals surface area contributed by atoms with Crippen LogP contribution in [0.5, 0.6) is 0 Å².